The van der Waals surface area contributed by atoms with Gasteiger partial charge in [-0.3, -0.25) is 0 Å². The van der Waals surface area contributed by atoms with Gasteiger partial charge in [-0.25, -0.2) is 9.59 Å². The van der Waals surface area contributed by atoms with E-state index in [0.717, 1.165) is 18.4 Å². The highest BCUT2D eigenvalue weighted by Crippen LogP contribution is 2.36. The van der Waals surface area contributed by atoms with E-state index in [1.165, 1.54) is 12.8 Å². The smallest absolute Gasteiger partial charge is 0.454 e. The minimum Gasteiger partial charge on any atom is -0.454 e. The van der Waals surface area contributed by atoms with Crippen molar-refractivity contribution in [3.05, 3.63) is 36.0 Å². The molecule has 0 bridgehead atoms. The van der Waals surface area contributed by atoms with Crippen LogP contribution in [0.1, 0.15) is 80.1 Å². The molecule has 9 atom stereocenters. The summed E-state index contributed by atoms with van der Waals surface area (Å²) in [6.07, 6.45) is 10.9. The molecule has 2 N–H and O–H groups in total. The van der Waals surface area contributed by atoms with Gasteiger partial charge in [0.15, 0.2) is 0 Å². The van der Waals surface area contributed by atoms with Crippen LogP contribution < -0.4 is 0 Å². The van der Waals surface area contributed by atoms with E-state index < -0.39 is 30.4 Å². The molecule has 2 aliphatic rings. The van der Waals surface area contributed by atoms with Gasteiger partial charge in [-0.05, 0) is 62.4 Å². The summed E-state index contributed by atoms with van der Waals surface area (Å²) >= 11 is 0. The molecule has 2 aliphatic heterocycles. The highest BCUT2D eigenvalue weighted by Gasteiger charge is 2.42. The molecule has 2 heterocycles. The van der Waals surface area contributed by atoms with Crippen LogP contribution in [-0.2, 0) is 19.0 Å². The zero-order valence-electron chi connectivity index (χ0n) is 22.8. The maximum absolute atomic E-state index is 12.9. The van der Waals surface area contributed by atoms with Gasteiger partial charge in [0.25, 0.3) is 0 Å². The molecular formula is C29H46O7. The van der Waals surface area contributed by atoms with Gasteiger partial charge in [0.05, 0.1) is 12.2 Å². The maximum atomic E-state index is 12.9. The predicted octanol–water partition coefficient (Wildman–Crippen LogP) is 6.07. The van der Waals surface area contributed by atoms with Crippen molar-refractivity contribution < 1.29 is 34.0 Å². The topological polar surface area (TPSA) is 106 Å². The van der Waals surface area contributed by atoms with Crippen LogP contribution in [0.4, 0.5) is 4.79 Å². The average molecular weight is 507 g/mol. The van der Waals surface area contributed by atoms with Crippen molar-refractivity contribution >= 4 is 12.1 Å². The number of hydrogen-bond donors (Lipinski definition) is 2. The Labute approximate surface area is 216 Å². The fourth-order valence-electron chi connectivity index (χ4n) is 4.95. The number of carbonyl (C=O) groups excluding carboxylic acids is 1. The molecular weight excluding hydrogens is 460 g/mol. The molecule has 36 heavy (non-hydrogen) atoms. The first-order valence-electron chi connectivity index (χ1n) is 13.5. The van der Waals surface area contributed by atoms with Crippen LogP contribution in [-0.4, -0.2) is 52.9 Å². The van der Waals surface area contributed by atoms with Crippen LogP contribution in [0.2, 0.25) is 0 Å². The normalized spacial score (nSPS) is 34.7. The fourth-order valence-corrected chi connectivity index (χ4v) is 4.95. The van der Waals surface area contributed by atoms with Gasteiger partial charge in [-0.2, -0.15) is 0 Å². The molecule has 1 fully saturated rings. The summed E-state index contributed by atoms with van der Waals surface area (Å²) in [7, 11) is 0. The Morgan fingerprint density at radius 2 is 2.00 bits per heavy atom. The molecule has 7 heteroatoms. The molecule has 0 aromatic carbocycles. The van der Waals surface area contributed by atoms with Gasteiger partial charge < -0.3 is 24.4 Å². The first-order valence-corrected chi connectivity index (χ1v) is 13.5. The van der Waals surface area contributed by atoms with Gasteiger partial charge in [0.1, 0.15) is 12.2 Å². The lowest BCUT2D eigenvalue weighted by Crippen LogP contribution is -2.42. The van der Waals surface area contributed by atoms with Crippen LogP contribution in [0.25, 0.3) is 0 Å². The third-order valence-corrected chi connectivity index (χ3v) is 7.24. The molecule has 0 amide bonds. The number of esters is 1. The zero-order chi connectivity index (χ0) is 26.8. The Kier molecular flexibility index (Phi) is 12.2. The van der Waals surface area contributed by atoms with Crippen LogP contribution in [0.5, 0.6) is 0 Å². The molecule has 0 aromatic heterocycles. The summed E-state index contributed by atoms with van der Waals surface area (Å²) in [4.78, 5) is 24.1. The van der Waals surface area contributed by atoms with Crippen LogP contribution in [0, 0.1) is 23.7 Å². The largest absolute Gasteiger partial charge is 0.506 e. The minimum atomic E-state index is -1.62. The van der Waals surface area contributed by atoms with E-state index in [9.17, 15) is 14.7 Å². The van der Waals surface area contributed by atoms with E-state index in [1.807, 2.05) is 32.1 Å². The van der Waals surface area contributed by atoms with E-state index in [4.69, 9.17) is 19.3 Å². The van der Waals surface area contributed by atoms with E-state index in [0.29, 0.717) is 30.5 Å². The molecule has 7 nitrogen and oxygen atoms in total. The first kappa shape index (κ1) is 30.1. The zero-order valence-corrected chi connectivity index (χ0v) is 22.8. The third kappa shape index (κ3) is 9.74. The highest BCUT2D eigenvalue weighted by atomic mass is 16.7. The number of cyclic esters (lactones) is 1. The first-order chi connectivity index (χ1) is 17.0. The van der Waals surface area contributed by atoms with Gasteiger partial charge >= 0.3 is 12.1 Å². The summed E-state index contributed by atoms with van der Waals surface area (Å²) in [5, 5.41) is 19.6. The summed E-state index contributed by atoms with van der Waals surface area (Å²) in [5.74, 6) is 0.221. The van der Waals surface area contributed by atoms with E-state index in [2.05, 4.69) is 39.8 Å². The highest BCUT2D eigenvalue weighted by molar-refractivity contribution is 5.78. The molecule has 9 unspecified atom stereocenters. The second kappa shape index (κ2) is 14.6. The Bertz CT molecular complexity index is 801. The third-order valence-electron chi connectivity index (χ3n) is 7.24. The number of carbonyl (C=O) groups is 2. The lowest BCUT2D eigenvalue weighted by atomic mass is 9.93. The Balaban J connectivity index is 2.10. The Morgan fingerprint density at radius 1 is 1.28 bits per heavy atom. The second-order valence-electron chi connectivity index (χ2n) is 10.8. The van der Waals surface area contributed by atoms with Gasteiger partial charge in [-0.15, -0.1) is 0 Å². The maximum Gasteiger partial charge on any atom is 0.506 e. The summed E-state index contributed by atoms with van der Waals surface area (Å²) < 4.78 is 16.4. The van der Waals surface area contributed by atoms with Crippen molar-refractivity contribution in [2.45, 2.75) is 111 Å². The van der Waals surface area contributed by atoms with Gasteiger partial charge in [-0.1, -0.05) is 71.4 Å². The minimum absolute atomic E-state index is 0.133. The van der Waals surface area contributed by atoms with Crippen LogP contribution in [0.15, 0.2) is 36.0 Å². The standard InChI is InChI=1S/C29H46O7/c1-7-10-20(4)26-24(34-26)17-19(3)12-9-14-22(6)25-21(5)13-8-11-18(2)15-16-23(30)27(28(31)35-25)36-29(32)33/h8-9,12-14,18-21,23-27,30H,7,10-11,15-17H2,1-6H3,(H,32,33)/b12-9+,13-8+,22-14+. The number of aliphatic hydroxyl groups excluding tert-OH is 1. The van der Waals surface area contributed by atoms with Gasteiger partial charge in [0.2, 0.25) is 6.10 Å². The summed E-state index contributed by atoms with van der Waals surface area (Å²) in [6, 6.07) is 0. The summed E-state index contributed by atoms with van der Waals surface area (Å²) in [5.41, 5.74) is 0.828. The van der Waals surface area contributed by atoms with E-state index >= 15 is 0 Å². The Morgan fingerprint density at radius 3 is 2.67 bits per heavy atom. The van der Waals surface area contributed by atoms with Gasteiger partial charge in [0, 0.05) is 5.92 Å². The lowest BCUT2D eigenvalue weighted by Gasteiger charge is -2.28. The van der Waals surface area contributed by atoms with Crippen molar-refractivity contribution in [1.82, 2.24) is 0 Å². The van der Waals surface area contributed by atoms with Crippen molar-refractivity contribution in [1.29, 1.82) is 0 Å². The fraction of sp³-hybridized carbons (Fsp3) is 0.724. The average Bonchev–Trinajstić information content (AvgIpc) is 3.57. The predicted molar refractivity (Wildman–Crippen MR) is 140 cm³/mol. The van der Waals surface area contributed by atoms with Crippen LogP contribution in [0.3, 0.4) is 0 Å². The number of allylic oxidation sites excluding steroid dienone is 4. The van der Waals surface area contributed by atoms with E-state index in [1.54, 1.807) is 0 Å². The monoisotopic (exact) mass is 506 g/mol. The number of hydrogen-bond acceptors (Lipinski definition) is 6. The summed E-state index contributed by atoms with van der Waals surface area (Å²) in [6.45, 7) is 12.5. The molecule has 0 aliphatic carbocycles. The van der Waals surface area contributed by atoms with Crippen molar-refractivity contribution in [2.24, 2.45) is 23.7 Å². The molecule has 204 valence electrons. The Hall–Kier alpha value is -2.12. The number of ether oxygens (including phenoxy) is 3. The molecule has 1 saturated heterocycles. The molecule has 0 spiro atoms. The number of aliphatic hydroxyl groups is 1. The molecule has 0 saturated carbocycles. The molecule has 0 aromatic rings. The van der Waals surface area contributed by atoms with Crippen molar-refractivity contribution in [3.8, 4) is 0 Å². The lowest BCUT2D eigenvalue weighted by molar-refractivity contribution is -0.166. The number of epoxide rings is 1. The number of rotatable bonds is 9. The molecule has 2 rings (SSSR count). The SMILES string of the molecule is CCCC(C)C1OC1CC(C)/C=C/C=C(\C)C1OC(=O)C(OC(=O)O)C(O)CCC(C)C/C=C/C1C. The van der Waals surface area contributed by atoms with Crippen molar-refractivity contribution in [2.75, 3.05) is 0 Å². The number of carboxylic acid groups (broad SMARTS) is 1. The molecule has 0 radical (unpaired) electrons. The van der Waals surface area contributed by atoms with E-state index in [-0.39, 0.29) is 18.3 Å². The quantitative estimate of drug-likeness (QED) is 0.169. The van der Waals surface area contributed by atoms with Crippen LogP contribution >= 0.6 is 0 Å². The van der Waals surface area contributed by atoms with Crippen molar-refractivity contribution in [3.63, 3.8) is 0 Å². The second-order valence-corrected chi connectivity index (χ2v) is 10.8.